The summed E-state index contributed by atoms with van der Waals surface area (Å²) in [6.45, 7) is 0. The van der Waals surface area contributed by atoms with E-state index in [9.17, 15) is 5.21 Å². The maximum atomic E-state index is 11.0. The van der Waals surface area contributed by atoms with Gasteiger partial charge in [0.25, 0.3) is 0 Å². The molecule has 0 bridgehead atoms. The summed E-state index contributed by atoms with van der Waals surface area (Å²) >= 11 is 0. The number of fused-ring (bicyclic) bond motifs is 1. The molecule has 0 aliphatic rings. The van der Waals surface area contributed by atoms with Gasteiger partial charge >= 0.3 is 6.33 Å². The fourth-order valence-electron chi connectivity index (χ4n) is 0.986. The molecule has 1 aromatic carbocycles. The number of hydrogen-bond donors (Lipinski definition) is 0. The van der Waals surface area contributed by atoms with Crippen molar-refractivity contribution in [2.45, 2.75) is 0 Å². The Hall–Kier alpha value is -1.64. The van der Waals surface area contributed by atoms with E-state index in [0.717, 1.165) is 5.39 Å². The van der Waals surface area contributed by atoms with Gasteiger partial charge in [-0.1, -0.05) is 12.1 Å². The number of aromatic nitrogens is 2. The predicted octanol–water partition coefficient (Wildman–Crippen LogP) is 0.668. The molecule has 0 aliphatic carbocycles. The highest BCUT2D eigenvalue weighted by Crippen LogP contribution is 2.04. The molecular weight excluding hydrogens is 140 g/mol. The zero-order valence-corrected chi connectivity index (χ0v) is 5.69. The normalized spacial score (nSPS) is 10.2. The summed E-state index contributed by atoms with van der Waals surface area (Å²) in [6, 6.07) is 7.25. The van der Waals surface area contributed by atoms with Crippen LogP contribution in [0.4, 0.5) is 0 Å². The number of rotatable bonds is 0. The molecule has 1 radical (unpaired) electrons. The van der Waals surface area contributed by atoms with Crippen LogP contribution in [0, 0.1) is 11.5 Å². The van der Waals surface area contributed by atoms with Crippen molar-refractivity contribution >= 4 is 10.9 Å². The zero-order chi connectivity index (χ0) is 7.68. The molecular formula is C8H5N2O. The molecule has 0 fully saturated rings. The van der Waals surface area contributed by atoms with E-state index in [4.69, 9.17) is 0 Å². The lowest BCUT2D eigenvalue weighted by molar-refractivity contribution is -0.585. The van der Waals surface area contributed by atoms with Crippen molar-refractivity contribution in [3.8, 4) is 0 Å². The molecule has 11 heavy (non-hydrogen) atoms. The second-order valence-corrected chi connectivity index (χ2v) is 2.21. The van der Waals surface area contributed by atoms with Crippen LogP contribution in [0.3, 0.4) is 0 Å². The van der Waals surface area contributed by atoms with Gasteiger partial charge in [-0.2, -0.15) is 0 Å². The second kappa shape index (κ2) is 2.20. The number of benzene rings is 1. The molecule has 0 unspecified atom stereocenters. The van der Waals surface area contributed by atoms with Gasteiger partial charge < -0.3 is 5.21 Å². The summed E-state index contributed by atoms with van der Waals surface area (Å²) < 4.78 is 0.634. The molecule has 53 valence electrons. The molecule has 2 rings (SSSR count). The molecule has 1 heterocycles. The Balaban J connectivity index is 2.91. The van der Waals surface area contributed by atoms with Crippen molar-refractivity contribution < 1.29 is 4.73 Å². The van der Waals surface area contributed by atoms with Crippen LogP contribution in [0.25, 0.3) is 10.9 Å². The van der Waals surface area contributed by atoms with Gasteiger partial charge in [0.1, 0.15) is 5.52 Å². The van der Waals surface area contributed by atoms with Crippen molar-refractivity contribution in [2.75, 3.05) is 0 Å². The minimum Gasteiger partial charge on any atom is -0.710 e. The molecule has 0 amide bonds. The Morgan fingerprint density at radius 2 is 2.18 bits per heavy atom. The maximum absolute atomic E-state index is 11.0. The van der Waals surface area contributed by atoms with E-state index in [-0.39, 0.29) is 0 Å². The summed E-state index contributed by atoms with van der Waals surface area (Å²) in [5.41, 5.74) is 0.600. The first-order chi connectivity index (χ1) is 5.38. The summed E-state index contributed by atoms with van der Waals surface area (Å²) in [6.07, 6.45) is 3.90. The van der Waals surface area contributed by atoms with Crippen LogP contribution in [-0.2, 0) is 0 Å². The fraction of sp³-hybridized carbons (Fsp3) is 0. The van der Waals surface area contributed by atoms with Crippen molar-refractivity contribution in [3.63, 3.8) is 0 Å². The van der Waals surface area contributed by atoms with Gasteiger partial charge in [-0.15, -0.1) is 0 Å². The number of hydrogen-bond acceptors (Lipinski definition) is 2. The average Bonchev–Trinajstić information content (AvgIpc) is 2.06. The van der Waals surface area contributed by atoms with Crippen LogP contribution in [0.15, 0.2) is 30.5 Å². The molecule has 0 spiro atoms. The topological polar surface area (TPSA) is 39.8 Å². The van der Waals surface area contributed by atoms with Crippen molar-refractivity contribution in [2.24, 2.45) is 0 Å². The quantitative estimate of drug-likeness (QED) is 0.403. The summed E-state index contributed by atoms with van der Waals surface area (Å²) in [5, 5.41) is 11.8. The lowest BCUT2D eigenvalue weighted by Crippen LogP contribution is -2.27. The van der Waals surface area contributed by atoms with Gasteiger partial charge in [0.05, 0.1) is 5.39 Å². The predicted molar refractivity (Wildman–Crippen MR) is 39.5 cm³/mol. The molecule has 2 aromatic rings. The van der Waals surface area contributed by atoms with Gasteiger partial charge in [0, 0.05) is 0 Å². The first-order valence-corrected chi connectivity index (χ1v) is 3.23. The van der Waals surface area contributed by atoms with E-state index >= 15 is 0 Å². The van der Waals surface area contributed by atoms with E-state index in [1.807, 2.05) is 18.2 Å². The number of para-hydroxylation sites is 1. The van der Waals surface area contributed by atoms with Gasteiger partial charge in [0.2, 0.25) is 0 Å². The molecule has 0 N–H and O–H groups in total. The van der Waals surface area contributed by atoms with Crippen molar-refractivity contribution in [1.82, 2.24) is 4.98 Å². The SMILES string of the molecule is [O-][n+]1[c]ncc2ccccc21. The molecule has 0 atom stereocenters. The molecule has 0 saturated heterocycles. The van der Waals surface area contributed by atoms with Crippen molar-refractivity contribution in [3.05, 3.63) is 42.0 Å². The van der Waals surface area contributed by atoms with Crippen molar-refractivity contribution in [1.29, 1.82) is 0 Å². The van der Waals surface area contributed by atoms with E-state index in [1.54, 1.807) is 12.3 Å². The monoisotopic (exact) mass is 145 g/mol. The highest BCUT2D eigenvalue weighted by atomic mass is 16.5. The molecule has 0 aliphatic heterocycles. The average molecular weight is 145 g/mol. The first kappa shape index (κ1) is 6.09. The van der Waals surface area contributed by atoms with E-state index in [1.165, 1.54) is 0 Å². The minimum atomic E-state index is 0.600. The summed E-state index contributed by atoms with van der Waals surface area (Å²) in [5.74, 6) is 0. The third-order valence-corrected chi connectivity index (χ3v) is 1.51. The smallest absolute Gasteiger partial charge is 0.422 e. The van der Waals surface area contributed by atoms with E-state index in [2.05, 4.69) is 11.3 Å². The highest BCUT2D eigenvalue weighted by Gasteiger charge is 1.98. The Morgan fingerprint density at radius 1 is 1.36 bits per heavy atom. The zero-order valence-electron chi connectivity index (χ0n) is 5.69. The third-order valence-electron chi connectivity index (χ3n) is 1.51. The van der Waals surface area contributed by atoms with Crippen LogP contribution in [0.5, 0.6) is 0 Å². The number of nitrogens with zero attached hydrogens (tertiary/aromatic N) is 2. The van der Waals surface area contributed by atoms with Crippen LogP contribution in [0.2, 0.25) is 0 Å². The Kier molecular flexibility index (Phi) is 1.22. The molecule has 0 saturated carbocycles. The molecule has 3 heteroatoms. The maximum Gasteiger partial charge on any atom is 0.422 e. The molecule has 3 nitrogen and oxygen atoms in total. The first-order valence-electron chi connectivity index (χ1n) is 3.23. The second-order valence-electron chi connectivity index (χ2n) is 2.21. The fourth-order valence-corrected chi connectivity index (χ4v) is 0.986. The van der Waals surface area contributed by atoms with Crippen LogP contribution in [-0.4, -0.2) is 4.98 Å². The Labute approximate surface area is 63.5 Å². The van der Waals surface area contributed by atoms with Crippen LogP contribution < -0.4 is 4.73 Å². The lowest BCUT2D eigenvalue weighted by atomic mass is 10.2. The third kappa shape index (κ3) is 0.902. The minimum absolute atomic E-state index is 0.600. The molecule has 1 aromatic heterocycles. The largest absolute Gasteiger partial charge is 0.710 e. The van der Waals surface area contributed by atoms with Crippen LogP contribution in [0.1, 0.15) is 0 Å². The van der Waals surface area contributed by atoms with Gasteiger partial charge in [0.15, 0.2) is 6.20 Å². The Morgan fingerprint density at radius 3 is 3.00 bits per heavy atom. The highest BCUT2D eigenvalue weighted by molar-refractivity contribution is 5.73. The van der Waals surface area contributed by atoms with Gasteiger partial charge in [-0.25, -0.2) is 4.73 Å². The standard InChI is InChI=1S/C8H5N2O/c11-10-6-9-5-7-3-1-2-4-8(7)10/h1-5H. The van der Waals surface area contributed by atoms with E-state index in [0.29, 0.717) is 10.2 Å². The lowest BCUT2D eigenvalue weighted by Gasteiger charge is -2.00. The van der Waals surface area contributed by atoms with Crippen LogP contribution >= 0.6 is 0 Å². The summed E-state index contributed by atoms with van der Waals surface area (Å²) in [7, 11) is 0. The van der Waals surface area contributed by atoms with Gasteiger partial charge in [-0.3, -0.25) is 0 Å². The Bertz CT molecular complexity index is 381. The van der Waals surface area contributed by atoms with E-state index < -0.39 is 0 Å². The summed E-state index contributed by atoms with van der Waals surface area (Å²) in [4.78, 5) is 3.64. The van der Waals surface area contributed by atoms with Gasteiger partial charge in [-0.05, 0) is 17.1 Å².